The lowest BCUT2D eigenvalue weighted by Gasteiger charge is -2.53. The molecule has 2 heterocycles. The molecule has 7 atom stereocenters. The van der Waals surface area contributed by atoms with E-state index in [-0.39, 0.29) is 41.0 Å². The molecule has 1 N–H and O–H groups in total. The van der Waals surface area contributed by atoms with Crippen LogP contribution in [0.4, 0.5) is 0 Å². The van der Waals surface area contributed by atoms with Crippen molar-refractivity contribution in [3.05, 3.63) is 11.1 Å². The number of carbonyl (C=O) groups excluding carboxylic acids is 2. The predicted octanol–water partition coefficient (Wildman–Crippen LogP) is 3.32. The Bertz CT molecular complexity index is 725. The summed E-state index contributed by atoms with van der Waals surface area (Å²) in [6.45, 7) is 10.3. The second kappa shape index (κ2) is 6.56. The number of allylic oxidation sites excluding steroid dienone is 1. The fraction of sp³-hybridized carbons (Fsp3) is 0.818. The first-order valence-corrected chi connectivity index (χ1v) is 10.5. The van der Waals surface area contributed by atoms with Crippen molar-refractivity contribution in [1.29, 1.82) is 0 Å². The van der Waals surface area contributed by atoms with E-state index in [0.717, 1.165) is 25.7 Å². The lowest BCUT2D eigenvalue weighted by Crippen LogP contribution is -2.51. The van der Waals surface area contributed by atoms with Crippen LogP contribution in [0.5, 0.6) is 0 Å². The lowest BCUT2D eigenvalue weighted by atomic mass is 9.52. The fourth-order valence-corrected chi connectivity index (χ4v) is 6.31. The highest BCUT2D eigenvalue weighted by molar-refractivity contribution is 5.71. The van der Waals surface area contributed by atoms with Crippen LogP contribution in [0.2, 0.25) is 0 Å². The third-order valence-corrected chi connectivity index (χ3v) is 8.00. The van der Waals surface area contributed by atoms with Gasteiger partial charge in [-0.15, -0.1) is 0 Å². The zero-order valence-corrected chi connectivity index (χ0v) is 17.5. The fourth-order valence-electron chi connectivity index (χ4n) is 6.31. The minimum Gasteiger partial charge on any atom is -0.435 e. The van der Waals surface area contributed by atoms with Gasteiger partial charge < -0.3 is 19.3 Å². The minimum atomic E-state index is -0.744. The third-order valence-electron chi connectivity index (χ3n) is 8.00. The quantitative estimate of drug-likeness (QED) is 0.573. The van der Waals surface area contributed by atoms with Gasteiger partial charge in [0.1, 0.15) is 0 Å². The number of carbonyl (C=O) groups is 2. The van der Waals surface area contributed by atoms with Crippen LogP contribution in [0, 0.1) is 28.6 Å². The van der Waals surface area contributed by atoms with Crippen molar-refractivity contribution in [2.45, 2.75) is 85.4 Å². The average Bonchev–Trinajstić information content (AvgIpc) is 2.82. The molecule has 2 aliphatic carbocycles. The van der Waals surface area contributed by atoms with Crippen molar-refractivity contribution in [3.8, 4) is 0 Å². The van der Waals surface area contributed by atoms with E-state index < -0.39 is 24.7 Å². The first-order chi connectivity index (χ1) is 13.0. The molecule has 0 saturated carbocycles. The van der Waals surface area contributed by atoms with Crippen molar-refractivity contribution >= 4 is 11.9 Å². The summed E-state index contributed by atoms with van der Waals surface area (Å²) in [5.74, 6) is -0.849. The summed E-state index contributed by atoms with van der Waals surface area (Å²) in [6, 6.07) is 0. The van der Waals surface area contributed by atoms with Crippen LogP contribution in [-0.2, 0) is 23.8 Å². The van der Waals surface area contributed by atoms with Crippen LogP contribution in [0.1, 0.15) is 66.7 Å². The first kappa shape index (κ1) is 19.9. The van der Waals surface area contributed by atoms with E-state index in [9.17, 15) is 14.7 Å². The van der Waals surface area contributed by atoms with Crippen LogP contribution in [-0.4, -0.2) is 35.7 Å². The number of rotatable bonds is 2. The van der Waals surface area contributed by atoms with Crippen molar-refractivity contribution in [1.82, 2.24) is 0 Å². The number of hydrogen-bond donors (Lipinski definition) is 1. The maximum atomic E-state index is 12.0. The SMILES string of the molecule is CC(=O)O[C@@H]1OC2OC(=O)C[C@@H]1[C@@H]2[C@]1(C)CCC2=C([C@H]1C)[C@@H](O)CCC2(C)C. The largest absolute Gasteiger partial charge is 0.435 e. The summed E-state index contributed by atoms with van der Waals surface area (Å²) in [7, 11) is 0. The lowest BCUT2D eigenvalue weighted by molar-refractivity contribution is -0.214. The minimum absolute atomic E-state index is 0.0594. The van der Waals surface area contributed by atoms with E-state index in [4.69, 9.17) is 14.2 Å². The second-order valence-electron chi connectivity index (χ2n) is 9.97. The van der Waals surface area contributed by atoms with E-state index in [1.165, 1.54) is 18.1 Å². The summed E-state index contributed by atoms with van der Waals surface area (Å²) >= 11 is 0. The summed E-state index contributed by atoms with van der Waals surface area (Å²) in [5.41, 5.74) is 2.47. The number of hydrogen-bond acceptors (Lipinski definition) is 6. The number of aliphatic hydroxyl groups excluding tert-OH is 1. The standard InChI is InChI=1S/C22H32O6/c1-11-17-14(21(3,4)8-7-15(17)24)6-9-22(11,5)18-13-10-16(25)27-20(18)28-19(13)26-12(2)23/h11,13,15,18-20,24H,6-10H2,1-5H3/t11-,13-,15+,18+,19-,20?,22-/m1/s1. The molecular weight excluding hydrogens is 360 g/mol. The van der Waals surface area contributed by atoms with Crippen LogP contribution in [0.25, 0.3) is 0 Å². The Morgan fingerprint density at radius 2 is 1.96 bits per heavy atom. The highest BCUT2D eigenvalue weighted by atomic mass is 16.8. The first-order valence-electron chi connectivity index (χ1n) is 10.5. The predicted molar refractivity (Wildman–Crippen MR) is 101 cm³/mol. The number of esters is 2. The van der Waals surface area contributed by atoms with Gasteiger partial charge in [-0.2, -0.15) is 0 Å². The van der Waals surface area contributed by atoms with Gasteiger partial charge in [-0.1, -0.05) is 33.3 Å². The van der Waals surface area contributed by atoms with Gasteiger partial charge in [0.25, 0.3) is 0 Å². The summed E-state index contributed by atoms with van der Waals surface area (Å²) in [5, 5.41) is 10.9. The average molecular weight is 392 g/mol. The van der Waals surface area contributed by atoms with Crippen molar-refractivity contribution in [2.24, 2.45) is 28.6 Å². The molecule has 0 aromatic rings. The van der Waals surface area contributed by atoms with Gasteiger partial charge in [-0.25, -0.2) is 0 Å². The van der Waals surface area contributed by atoms with Crippen LogP contribution < -0.4 is 0 Å². The molecule has 2 bridgehead atoms. The zero-order chi connectivity index (χ0) is 20.4. The van der Waals surface area contributed by atoms with Crippen LogP contribution in [0.15, 0.2) is 11.1 Å². The van der Waals surface area contributed by atoms with Gasteiger partial charge in [0.05, 0.1) is 12.5 Å². The molecule has 4 rings (SSSR count). The van der Waals surface area contributed by atoms with E-state index >= 15 is 0 Å². The van der Waals surface area contributed by atoms with Gasteiger partial charge in [0.2, 0.25) is 12.6 Å². The maximum absolute atomic E-state index is 12.0. The van der Waals surface area contributed by atoms with Gasteiger partial charge in [-0.05, 0) is 48.0 Å². The molecule has 2 fully saturated rings. The van der Waals surface area contributed by atoms with Gasteiger partial charge in [0, 0.05) is 18.8 Å². The molecule has 0 spiro atoms. The van der Waals surface area contributed by atoms with E-state index in [1.807, 2.05) is 0 Å². The normalized spacial score (nSPS) is 44.7. The van der Waals surface area contributed by atoms with Gasteiger partial charge in [0.15, 0.2) is 0 Å². The van der Waals surface area contributed by atoms with E-state index in [2.05, 4.69) is 27.7 Å². The van der Waals surface area contributed by atoms with Crippen LogP contribution in [0.3, 0.4) is 0 Å². The smallest absolute Gasteiger partial charge is 0.308 e. The molecule has 2 aliphatic heterocycles. The van der Waals surface area contributed by atoms with Gasteiger partial charge in [-0.3, -0.25) is 9.59 Å². The zero-order valence-electron chi connectivity index (χ0n) is 17.5. The molecule has 6 heteroatoms. The highest BCUT2D eigenvalue weighted by Gasteiger charge is 2.62. The molecule has 28 heavy (non-hydrogen) atoms. The Balaban J connectivity index is 1.70. The molecule has 0 amide bonds. The Kier molecular flexibility index (Phi) is 4.66. The van der Waals surface area contributed by atoms with Gasteiger partial charge >= 0.3 is 11.9 Å². The topological polar surface area (TPSA) is 82.1 Å². The molecule has 4 aliphatic rings. The highest BCUT2D eigenvalue weighted by Crippen LogP contribution is 2.61. The Labute approximate surface area is 166 Å². The molecule has 0 aromatic heterocycles. The summed E-state index contributed by atoms with van der Waals surface area (Å²) < 4.78 is 16.8. The molecule has 0 aromatic carbocycles. The van der Waals surface area contributed by atoms with E-state index in [0.29, 0.717) is 0 Å². The molecule has 2 saturated heterocycles. The molecule has 6 nitrogen and oxygen atoms in total. The van der Waals surface area contributed by atoms with E-state index in [1.54, 1.807) is 0 Å². The Morgan fingerprint density at radius 1 is 1.25 bits per heavy atom. The van der Waals surface area contributed by atoms with Crippen LogP contribution >= 0.6 is 0 Å². The number of aliphatic hydroxyl groups is 1. The third kappa shape index (κ3) is 2.91. The second-order valence-corrected chi connectivity index (χ2v) is 9.97. The summed E-state index contributed by atoms with van der Waals surface area (Å²) in [6.07, 6.45) is 2.00. The molecule has 0 radical (unpaired) electrons. The number of ether oxygens (including phenoxy) is 3. The number of fused-ring (bicyclic) bond motifs is 2. The molecular formula is C22H32O6. The van der Waals surface area contributed by atoms with Crippen molar-refractivity contribution < 1.29 is 28.9 Å². The van der Waals surface area contributed by atoms with Crippen molar-refractivity contribution in [2.75, 3.05) is 0 Å². The Morgan fingerprint density at radius 3 is 2.64 bits per heavy atom. The molecule has 156 valence electrons. The van der Waals surface area contributed by atoms with Crippen molar-refractivity contribution in [3.63, 3.8) is 0 Å². The summed E-state index contributed by atoms with van der Waals surface area (Å²) in [4.78, 5) is 23.6. The maximum Gasteiger partial charge on any atom is 0.308 e. The monoisotopic (exact) mass is 392 g/mol. The molecule has 1 unspecified atom stereocenters. The Hall–Kier alpha value is -1.40.